The monoisotopic (exact) mass is 356 g/mol. The molecule has 1 fully saturated rings. The quantitative estimate of drug-likeness (QED) is 0.639. The summed E-state index contributed by atoms with van der Waals surface area (Å²) in [6, 6.07) is 4.52. The van der Waals surface area contributed by atoms with Crippen molar-refractivity contribution in [2.45, 2.75) is 12.8 Å². The summed E-state index contributed by atoms with van der Waals surface area (Å²) in [6.45, 7) is 0.220. The summed E-state index contributed by atoms with van der Waals surface area (Å²) in [5.41, 5.74) is 0.419. The van der Waals surface area contributed by atoms with Gasteiger partial charge in [0.15, 0.2) is 0 Å². The number of hydrogen-bond acceptors (Lipinski definition) is 6. The zero-order chi connectivity index (χ0) is 16.3. The van der Waals surface area contributed by atoms with Crippen molar-refractivity contribution in [1.29, 1.82) is 0 Å². The van der Waals surface area contributed by atoms with Gasteiger partial charge in [-0.2, -0.15) is 0 Å². The summed E-state index contributed by atoms with van der Waals surface area (Å²) in [4.78, 5) is 24.4. The zero-order valence-electron chi connectivity index (χ0n) is 11.2. The lowest BCUT2D eigenvalue weighted by molar-refractivity contribution is -0.305. The Morgan fingerprint density at radius 3 is 2.91 bits per heavy atom. The molecule has 0 aromatic heterocycles. The van der Waals surface area contributed by atoms with Crippen molar-refractivity contribution in [2.24, 2.45) is 0 Å². The Balaban J connectivity index is 2.15. The molecule has 1 aliphatic heterocycles. The number of aromatic hydroxyl groups is 1. The van der Waals surface area contributed by atoms with Gasteiger partial charge in [-0.05, 0) is 37.1 Å². The predicted octanol–water partition coefficient (Wildman–Crippen LogP) is 1.78. The zero-order valence-corrected chi connectivity index (χ0v) is 13.6. The van der Waals surface area contributed by atoms with Gasteiger partial charge in [0, 0.05) is 23.1 Å². The van der Waals surface area contributed by atoms with Gasteiger partial charge >= 0.3 is 0 Å². The molecule has 22 heavy (non-hydrogen) atoms. The van der Waals surface area contributed by atoms with E-state index in [2.05, 4.69) is 0 Å². The van der Waals surface area contributed by atoms with Crippen molar-refractivity contribution < 1.29 is 19.8 Å². The molecule has 1 amide bonds. The number of carboxylic acid groups (broad SMARTS) is 1. The molecule has 1 aromatic carbocycles. The Bertz CT molecular complexity index is 675. The maximum Gasteiger partial charge on any atom is 0.266 e. The number of thioether (sulfide) groups is 1. The van der Waals surface area contributed by atoms with Crippen molar-refractivity contribution in [1.82, 2.24) is 4.90 Å². The largest absolute Gasteiger partial charge is 0.550 e. The molecule has 0 atom stereocenters. The number of phenols is 1. The summed E-state index contributed by atoms with van der Waals surface area (Å²) in [6.07, 6.45) is 1.65. The van der Waals surface area contributed by atoms with Gasteiger partial charge in [-0.3, -0.25) is 9.69 Å². The molecule has 1 aromatic rings. The molecule has 0 unspecified atom stereocenters. The molecule has 0 radical (unpaired) electrons. The van der Waals surface area contributed by atoms with Crippen molar-refractivity contribution in [3.05, 3.63) is 33.7 Å². The van der Waals surface area contributed by atoms with Crippen LogP contribution in [0.15, 0.2) is 23.1 Å². The topological polar surface area (TPSA) is 80.7 Å². The smallest absolute Gasteiger partial charge is 0.266 e. The van der Waals surface area contributed by atoms with Crippen LogP contribution in [0.5, 0.6) is 5.75 Å². The average Bonchev–Trinajstić information content (AvgIpc) is 2.70. The second kappa shape index (κ2) is 7.13. The Morgan fingerprint density at radius 2 is 2.23 bits per heavy atom. The van der Waals surface area contributed by atoms with E-state index in [0.29, 0.717) is 19.8 Å². The number of amides is 1. The van der Waals surface area contributed by atoms with Gasteiger partial charge in [0.1, 0.15) is 10.1 Å². The summed E-state index contributed by atoms with van der Waals surface area (Å²) >= 11 is 12.1. The number of rotatable bonds is 5. The van der Waals surface area contributed by atoms with Crippen molar-refractivity contribution >= 4 is 57.9 Å². The molecule has 1 heterocycles. The number of hydrogen-bond donors (Lipinski definition) is 1. The van der Waals surface area contributed by atoms with Crippen molar-refractivity contribution in [3.63, 3.8) is 0 Å². The van der Waals surface area contributed by atoms with E-state index in [0.717, 1.165) is 11.8 Å². The Labute approximate surface area is 141 Å². The highest BCUT2D eigenvalue weighted by molar-refractivity contribution is 8.26. The van der Waals surface area contributed by atoms with E-state index in [4.69, 9.17) is 23.8 Å². The lowest BCUT2D eigenvalue weighted by Crippen LogP contribution is -2.30. The number of thiocarbonyl (C=S) groups is 1. The fourth-order valence-electron chi connectivity index (χ4n) is 1.86. The third-order valence-corrected chi connectivity index (χ3v) is 4.53. The average molecular weight is 357 g/mol. The van der Waals surface area contributed by atoms with E-state index in [1.807, 2.05) is 0 Å². The molecule has 116 valence electrons. The molecule has 1 saturated heterocycles. The first-order valence-electron chi connectivity index (χ1n) is 6.32. The number of benzene rings is 1. The van der Waals surface area contributed by atoms with E-state index >= 15 is 0 Å². The molecule has 0 saturated carbocycles. The van der Waals surface area contributed by atoms with E-state index < -0.39 is 5.97 Å². The van der Waals surface area contributed by atoms with Gasteiger partial charge in [-0.25, -0.2) is 0 Å². The first-order valence-corrected chi connectivity index (χ1v) is 7.92. The van der Waals surface area contributed by atoms with Crippen LogP contribution in [0.25, 0.3) is 6.08 Å². The molecular formula is C14H11ClNO4S2-. The van der Waals surface area contributed by atoms with Crippen LogP contribution < -0.4 is 5.11 Å². The molecule has 0 spiro atoms. The number of carbonyl (C=O) groups excluding carboxylic acids is 2. The predicted molar refractivity (Wildman–Crippen MR) is 87.2 cm³/mol. The molecule has 1 N–H and O–H groups in total. The number of nitrogens with zero attached hydrogens (tertiary/aromatic N) is 1. The number of halogens is 1. The maximum absolute atomic E-state index is 12.3. The van der Waals surface area contributed by atoms with Crippen LogP contribution in [0.3, 0.4) is 0 Å². The third-order valence-electron chi connectivity index (χ3n) is 2.91. The van der Waals surface area contributed by atoms with Crippen LogP contribution in [0.1, 0.15) is 18.4 Å². The minimum Gasteiger partial charge on any atom is -0.550 e. The highest BCUT2D eigenvalue weighted by Gasteiger charge is 2.31. The summed E-state index contributed by atoms with van der Waals surface area (Å²) in [5.74, 6) is -1.47. The van der Waals surface area contributed by atoms with Gasteiger partial charge in [0.2, 0.25) is 0 Å². The van der Waals surface area contributed by atoms with E-state index in [-0.39, 0.29) is 31.0 Å². The normalized spacial score (nSPS) is 16.6. The Hall–Kier alpha value is -1.57. The lowest BCUT2D eigenvalue weighted by atomic mass is 10.2. The molecule has 0 aliphatic carbocycles. The summed E-state index contributed by atoms with van der Waals surface area (Å²) in [5, 5.41) is 20.6. The molecular weight excluding hydrogens is 346 g/mol. The van der Waals surface area contributed by atoms with Crippen LogP contribution in [0.4, 0.5) is 0 Å². The van der Waals surface area contributed by atoms with Crippen LogP contribution in [-0.4, -0.2) is 32.7 Å². The summed E-state index contributed by atoms with van der Waals surface area (Å²) < 4.78 is 0.358. The molecule has 2 rings (SSSR count). The highest BCUT2D eigenvalue weighted by Crippen LogP contribution is 2.34. The van der Waals surface area contributed by atoms with E-state index in [9.17, 15) is 19.8 Å². The Morgan fingerprint density at radius 1 is 1.50 bits per heavy atom. The number of carbonyl (C=O) groups is 2. The number of aliphatic carboxylic acids is 1. The van der Waals surface area contributed by atoms with Crippen molar-refractivity contribution in [2.75, 3.05) is 6.54 Å². The standard InChI is InChI=1S/C14H12ClNO4S2/c15-9-3-4-10(17)8(6-9)7-11-13(20)16(14(21)22-11)5-1-2-12(18)19/h3-4,6-7,17H,1-2,5H2,(H,18,19)/p-1/b11-7+. The summed E-state index contributed by atoms with van der Waals surface area (Å²) in [7, 11) is 0. The van der Waals surface area contributed by atoms with Gasteiger partial charge in [-0.1, -0.05) is 35.6 Å². The van der Waals surface area contributed by atoms with Crippen LogP contribution in [-0.2, 0) is 9.59 Å². The maximum atomic E-state index is 12.3. The number of phenolic OH excluding ortho intramolecular Hbond substituents is 1. The highest BCUT2D eigenvalue weighted by atomic mass is 35.5. The fraction of sp³-hybridized carbons (Fsp3) is 0.214. The SMILES string of the molecule is O=C([O-])CCCN1C(=O)/C(=C\c2cc(Cl)ccc2O)SC1=S. The first-order chi connectivity index (χ1) is 10.4. The van der Waals surface area contributed by atoms with Gasteiger partial charge in [-0.15, -0.1) is 0 Å². The third kappa shape index (κ3) is 4.00. The van der Waals surface area contributed by atoms with Gasteiger partial charge < -0.3 is 15.0 Å². The van der Waals surface area contributed by atoms with Crippen molar-refractivity contribution in [3.8, 4) is 5.75 Å². The fourth-order valence-corrected chi connectivity index (χ4v) is 3.34. The van der Waals surface area contributed by atoms with Crippen LogP contribution in [0, 0.1) is 0 Å². The molecule has 0 bridgehead atoms. The van der Waals surface area contributed by atoms with E-state index in [1.165, 1.54) is 17.0 Å². The minimum atomic E-state index is -1.16. The Kier molecular flexibility index (Phi) is 5.44. The van der Waals surface area contributed by atoms with E-state index in [1.54, 1.807) is 12.1 Å². The molecule has 1 aliphatic rings. The minimum absolute atomic E-state index is 0.00613. The first kappa shape index (κ1) is 16.8. The van der Waals surface area contributed by atoms with Crippen LogP contribution >= 0.6 is 35.6 Å². The second-order valence-corrected chi connectivity index (χ2v) is 6.62. The van der Waals surface area contributed by atoms with Crippen LogP contribution in [0.2, 0.25) is 5.02 Å². The lowest BCUT2D eigenvalue weighted by Gasteiger charge is -2.14. The van der Waals surface area contributed by atoms with Gasteiger partial charge in [0.05, 0.1) is 4.91 Å². The molecule has 5 nitrogen and oxygen atoms in total. The second-order valence-electron chi connectivity index (χ2n) is 4.51. The molecule has 8 heteroatoms. The van der Waals surface area contributed by atoms with Gasteiger partial charge in [0.25, 0.3) is 5.91 Å². The number of carboxylic acids is 1.